The summed E-state index contributed by atoms with van der Waals surface area (Å²) in [4.78, 5) is 11.5. The number of benzene rings is 1. The molecule has 1 aliphatic rings. The van der Waals surface area contributed by atoms with Crippen LogP contribution in [0.2, 0.25) is 0 Å². The highest BCUT2D eigenvalue weighted by atomic mass is 16.3. The third-order valence-corrected chi connectivity index (χ3v) is 2.63. The number of carbonyl (C=O) groups excluding carboxylic acids is 1. The lowest BCUT2D eigenvalue weighted by Gasteiger charge is -2.24. The summed E-state index contributed by atoms with van der Waals surface area (Å²) in [6.07, 6.45) is 0.706. The summed E-state index contributed by atoms with van der Waals surface area (Å²) < 4.78 is 0. The maximum absolute atomic E-state index is 11.5. The molecule has 1 aliphatic heterocycles. The summed E-state index contributed by atoms with van der Waals surface area (Å²) in [6.45, 7) is 0.797. The number of aliphatic hydroxyl groups is 1. The van der Waals surface area contributed by atoms with Crippen molar-refractivity contribution in [2.24, 2.45) is 0 Å². The average molecular weight is 191 g/mol. The number of nitrogens with one attached hydrogen (secondary N) is 1. The number of hydrogen-bond acceptors (Lipinski definition) is 2. The van der Waals surface area contributed by atoms with E-state index in [-0.39, 0.29) is 18.4 Å². The number of carbonyl (C=O) groups is 1. The minimum atomic E-state index is -0.00482. The summed E-state index contributed by atoms with van der Waals surface area (Å²) in [6, 6.07) is 7.59. The van der Waals surface area contributed by atoms with E-state index in [4.69, 9.17) is 5.11 Å². The highest BCUT2D eigenvalue weighted by molar-refractivity contribution is 5.97. The van der Waals surface area contributed by atoms with Gasteiger partial charge >= 0.3 is 0 Å². The summed E-state index contributed by atoms with van der Waals surface area (Å²) in [5, 5.41) is 11.7. The Morgan fingerprint density at radius 3 is 3.00 bits per heavy atom. The fraction of sp³-hybridized carbons (Fsp3) is 0.364. The van der Waals surface area contributed by atoms with Crippen LogP contribution in [0, 0.1) is 0 Å². The van der Waals surface area contributed by atoms with Gasteiger partial charge in [-0.25, -0.2) is 0 Å². The molecule has 1 amide bonds. The van der Waals surface area contributed by atoms with Gasteiger partial charge in [-0.1, -0.05) is 18.2 Å². The average Bonchev–Trinajstić information content (AvgIpc) is 2.23. The second kappa shape index (κ2) is 3.80. The van der Waals surface area contributed by atoms with Crippen LogP contribution in [0.25, 0.3) is 0 Å². The highest BCUT2D eigenvalue weighted by Gasteiger charge is 2.23. The molecule has 0 spiro atoms. The maximum Gasteiger partial charge on any atom is 0.251 e. The third-order valence-electron chi connectivity index (χ3n) is 2.63. The van der Waals surface area contributed by atoms with Crippen molar-refractivity contribution in [2.45, 2.75) is 12.3 Å². The van der Waals surface area contributed by atoms with Gasteiger partial charge in [0.25, 0.3) is 5.91 Å². The number of rotatable bonds is 2. The van der Waals surface area contributed by atoms with E-state index in [1.807, 2.05) is 24.3 Å². The van der Waals surface area contributed by atoms with Crippen LogP contribution < -0.4 is 5.32 Å². The molecule has 0 fully saturated rings. The molecule has 0 bridgehead atoms. The number of fused-ring (bicyclic) bond motifs is 1. The standard InChI is InChI=1S/C11H13NO2/c13-6-5-8-7-12-11(14)10-4-2-1-3-9(8)10/h1-4,8,13H,5-7H2,(H,12,14)/t8-/m1/s1. The van der Waals surface area contributed by atoms with Crippen molar-refractivity contribution in [3.05, 3.63) is 35.4 Å². The van der Waals surface area contributed by atoms with Crippen LogP contribution >= 0.6 is 0 Å². The van der Waals surface area contributed by atoms with Crippen molar-refractivity contribution in [3.63, 3.8) is 0 Å². The van der Waals surface area contributed by atoms with Gasteiger partial charge in [-0.05, 0) is 18.1 Å². The predicted molar refractivity (Wildman–Crippen MR) is 53.2 cm³/mol. The van der Waals surface area contributed by atoms with E-state index in [1.54, 1.807) is 0 Å². The fourth-order valence-corrected chi connectivity index (χ4v) is 1.89. The molecule has 74 valence electrons. The summed E-state index contributed by atoms with van der Waals surface area (Å²) >= 11 is 0. The van der Waals surface area contributed by atoms with Gasteiger partial charge in [-0.3, -0.25) is 4.79 Å². The largest absolute Gasteiger partial charge is 0.396 e. The summed E-state index contributed by atoms with van der Waals surface area (Å²) in [5.74, 6) is 0.253. The fourth-order valence-electron chi connectivity index (χ4n) is 1.89. The van der Waals surface area contributed by atoms with Gasteiger partial charge in [0, 0.05) is 24.6 Å². The monoisotopic (exact) mass is 191 g/mol. The topological polar surface area (TPSA) is 49.3 Å². The first-order valence-corrected chi connectivity index (χ1v) is 4.81. The van der Waals surface area contributed by atoms with Gasteiger partial charge in [-0.2, -0.15) is 0 Å². The molecule has 0 saturated carbocycles. The zero-order valence-corrected chi connectivity index (χ0v) is 7.86. The second-order valence-electron chi connectivity index (χ2n) is 3.51. The molecule has 3 heteroatoms. The first-order chi connectivity index (χ1) is 6.83. The van der Waals surface area contributed by atoms with Crippen LogP contribution in [0.3, 0.4) is 0 Å². The molecule has 0 saturated heterocycles. The normalized spacial score (nSPS) is 20.1. The molecule has 2 N–H and O–H groups in total. The Balaban J connectivity index is 2.36. The SMILES string of the molecule is O=C1NC[C@@H](CCO)c2ccccc21. The number of aliphatic hydroxyl groups excluding tert-OH is 1. The molecule has 1 aromatic carbocycles. The van der Waals surface area contributed by atoms with Crippen molar-refractivity contribution in [1.82, 2.24) is 5.32 Å². The highest BCUT2D eigenvalue weighted by Crippen LogP contribution is 2.25. The van der Waals surface area contributed by atoms with Crippen molar-refractivity contribution in [3.8, 4) is 0 Å². The summed E-state index contributed by atoms with van der Waals surface area (Å²) in [7, 11) is 0. The van der Waals surface area contributed by atoms with Gasteiger partial charge in [0.15, 0.2) is 0 Å². The number of amides is 1. The molecule has 0 radical (unpaired) electrons. The quantitative estimate of drug-likeness (QED) is 0.729. The third kappa shape index (κ3) is 1.51. The zero-order valence-electron chi connectivity index (χ0n) is 7.86. The molecule has 0 aromatic heterocycles. The maximum atomic E-state index is 11.5. The molecule has 1 heterocycles. The smallest absolute Gasteiger partial charge is 0.251 e. The van der Waals surface area contributed by atoms with Crippen LogP contribution in [0.15, 0.2) is 24.3 Å². The molecule has 3 nitrogen and oxygen atoms in total. The second-order valence-corrected chi connectivity index (χ2v) is 3.51. The van der Waals surface area contributed by atoms with Gasteiger partial charge in [0.2, 0.25) is 0 Å². The van der Waals surface area contributed by atoms with Crippen LogP contribution in [0.1, 0.15) is 28.3 Å². The molecule has 2 rings (SSSR count). The number of hydrogen-bond donors (Lipinski definition) is 2. The van der Waals surface area contributed by atoms with Gasteiger partial charge in [-0.15, -0.1) is 0 Å². The Bertz CT molecular complexity index is 349. The minimum absolute atomic E-state index is 0.00482. The first-order valence-electron chi connectivity index (χ1n) is 4.81. The molecule has 14 heavy (non-hydrogen) atoms. The predicted octanol–water partition coefficient (Wildman–Crippen LogP) is 0.896. The van der Waals surface area contributed by atoms with Crippen LogP contribution in [0.4, 0.5) is 0 Å². The van der Waals surface area contributed by atoms with E-state index in [9.17, 15) is 4.79 Å². The van der Waals surface area contributed by atoms with E-state index >= 15 is 0 Å². The lowest BCUT2D eigenvalue weighted by Crippen LogP contribution is -2.35. The Kier molecular flexibility index (Phi) is 2.50. The van der Waals surface area contributed by atoms with Crippen LogP contribution in [-0.2, 0) is 0 Å². The Labute approximate surface area is 82.8 Å². The Hall–Kier alpha value is -1.35. The van der Waals surface area contributed by atoms with E-state index < -0.39 is 0 Å². The molecule has 1 atom stereocenters. The van der Waals surface area contributed by atoms with Crippen molar-refractivity contribution in [1.29, 1.82) is 0 Å². The minimum Gasteiger partial charge on any atom is -0.396 e. The molecule has 1 aromatic rings. The van der Waals surface area contributed by atoms with E-state index in [0.717, 1.165) is 11.1 Å². The molecule has 0 aliphatic carbocycles. The lowest BCUT2D eigenvalue weighted by molar-refractivity contribution is 0.0937. The Morgan fingerprint density at radius 1 is 1.43 bits per heavy atom. The first kappa shape index (κ1) is 9.21. The van der Waals surface area contributed by atoms with Crippen molar-refractivity contribution in [2.75, 3.05) is 13.2 Å². The molecule has 0 unspecified atom stereocenters. The van der Waals surface area contributed by atoms with Gasteiger partial charge in [0.1, 0.15) is 0 Å². The van der Waals surface area contributed by atoms with E-state index in [0.29, 0.717) is 13.0 Å². The van der Waals surface area contributed by atoms with E-state index in [1.165, 1.54) is 0 Å². The van der Waals surface area contributed by atoms with Gasteiger partial charge < -0.3 is 10.4 Å². The van der Waals surface area contributed by atoms with Crippen LogP contribution in [0.5, 0.6) is 0 Å². The molecular formula is C11H13NO2. The van der Waals surface area contributed by atoms with Crippen LogP contribution in [-0.4, -0.2) is 24.2 Å². The molecular weight excluding hydrogens is 178 g/mol. The van der Waals surface area contributed by atoms with E-state index in [2.05, 4.69) is 5.32 Å². The lowest BCUT2D eigenvalue weighted by atomic mass is 9.88. The van der Waals surface area contributed by atoms with Crippen molar-refractivity contribution >= 4 is 5.91 Å². The zero-order chi connectivity index (χ0) is 9.97. The summed E-state index contributed by atoms with van der Waals surface area (Å²) in [5.41, 5.74) is 1.81. The Morgan fingerprint density at radius 2 is 2.21 bits per heavy atom. The van der Waals surface area contributed by atoms with Gasteiger partial charge in [0.05, 0.1) is 0 Å². The van der Waals surface area contributed by atoms with Crippen molar-refractivity contribution < 1.29 is 9.90 Å².